The summed E-state index contributed by atoms with van der Waals surface area (Å²) in [5, 5.41) is 57.2. The third kappa shape index (κ3) is 8.10. The number of fused-ring (bicyclic) bond motifs is 3. The van der Waals surface area contributed by atoms with Crippen LogP contribution in [0.25, 0.3) is 44.6 Å². The van der Waals surface area contributed by atoms with Crippen LogP contribution in [0.1, 0.15) is 28.4 Å². The van der Waals surface area contributed by atoms with E-state index in [1.54, 1.807) is 12.1 Å². The number of carbonyl (C=O) groups excluding carboxylic acids is 1. The lowest BCUT2D eigenvalue weighted by Gasteiger charge is -2.25. The van der Waals surface area contributed by atoms with E-state index < -0.39 is 16.9 Å². The number of rotatable bonds is 3. The summed E-state index contributed by atoms with van der Waals surface area (Å²) >= 11 is 0. The van der Waals surface area contributed by atoms with Crippen molar-refractivity contribution in [3.8, 4) is 62.9 Å². The van der Waals surface area contributed by atoms with Crippen molar-refractivity contribution in [1.29, 1.82) is 0 Å². The molecule has 12 nitrogen and oxygen atoms in total. The molecule has 9 rings (SSSR count). The molecular weight excluding hydrogens is 732 g/mol. The van der Waals surface area contributed by atoms with Crippen LogP contribution in [0.15, 0.2) is 158 Å². The minimum Gasteiger partial charge on any atom is -0.508 e. The molecule has 284 valence electrons. The number of aromatic hydroxyl groups is 6. The number of Topliss-reactive ketones (excluding diaryl/α,β-unsaturated/α-hetero) is 1. The van der Waals surface area contributed by atoms with Crippen molar-refractivity contribution in [2.75, 3.05) is 0 Å². The number of hydrogen-bond donors (Lipinski definition) is 6. The average Bonchev–Trinajstić information content (AvgIpc) is 3.21. The summed E-state index contributed by atoms with van der Waals surface area (Å²) < 4.78 is 16.9. The Hall–Kier alpha value is -7.99. The van der Waals surface area contributed by atoms with Gasteiger partial charge in [0, 0.05) is 29.3 Å². The number of phenolic OH excluding ortho intramolecular Hbond substituents is 6. The first-order chi connectivity index (χ1) is 27.4. The largest absolute Gasteiger partial charge is 0.508 e. The van der Waals surface area contributed by atoms with E-state index >= 15 is 0 Å². The molecule has 1 unspecified atom stereocenters. The van der Waals surface area contributed by atoms with E-state index in [0.29, 0.717) is 45.6 Å². The minimum atomic E-state index is -0.533. The van der Waals surface area contributed by atoms with E-state index in [4.69, 9.17) is 13.6 Å². The maximum absolute atomic E-state index is 12.0. The van der Waals surface area contributed by atoms with Crippen LogP contribution in [0, 0.1) is 0 Å². The highest BCUT2D eigenvalue weighted by Gasteiger charge is 2.27. The van der Waals surface area contributed by atoms with Gasteiger partial charge in [0.2, 0.25) is 5.75 Å². The van der Waals surface area contributed by atoms with E-state index in [1.807, 2.05) is 54.6 Å². The zero-order valence-corrected chi connectivity index (χ0v) is 29.7. The zero-order chi connectivity index (χ0) is 40.2. The Kier molecular flexibility index (Phi) is 10.3. The van der Waals surface area contributed by atoms with Gasteiger partial charge in [-0.15, -0.1) is 0 Å². The Balaban J connectivity index is 0.000000131. The van der Waals surface area contributed by atoms with Crippen LogP contribution in [0.4, 0.5) is 0 Å². The molecule has 1 aliphatic heterocycles. The quantitative estimate of drug-likeness (QED) is 0.0936. The summed E-state index contributed by atoms with van der Waals surface area (Å²) in [4.78, 5) is 36.0. The Morgan fingerprint density at radius 1 is 0.509 bits per heavy atom. The number of hydrogen-bond acceptors (Lipinski definition) is 12. The van der Waals surface area contributed by atoms with E-state index in [2.05, 4.69) is 0 Å². The molecule has 2 aromatic heterocycles. The Morgan fingerprint density at radius 2 is 1.12 bits per heavy atom. The molecule has 57 heavy (non-hydrogen) atoms. The molecule has 0 spiro atoms. The lowest BCUT2D eigenvalue weighted by molar-refractivity contribution is 0.0850. The lowest BCUT2D eigenvalue weighted by atomic mass is 9.96. The smallest absolute Gasteiger partial charge is 0.201 e. The molecule has 6 N–H and O–H groups in total. The molecule has 0 saturated carbocycles. The summed E-state index contributed by atoms with van der Waals surface area (Å²) in [6.45, 7) is 0. The summed E-state index contributed by atoms with van der Waals surface area (Å²) in [6.07, 6.45) is 0.264. The normalized spacial score (nSPS) is 13.1. The fourth-order valence-corrected chi connectivity index (χ4v) is 6.05. The number of phenols is 6. The molecule has 0 amide bonds. The summed E-state index contributed by atoms with van der Waals surface area (Å²) in [6, 6.07) is 37.0. The van der Waals surface area contributed by atoms with Gasteiger partial charge in [0.25, 0.3) is 0 Å². The van der Waals surface area contributed by atoms with Crippen molar-refractivity contribution >= 4 is 27.7 Å². The molecule has 8 aromatic rings. The van der Waals surface area contributed by atoms with Crippen LogP contribution in [-0.2, 0) is 0 Å². The van der Waals surface area contributed by atoms with Crippen molar-refractivity contribution in [3.63, 3.8) is 0 Å². The molecule has 12 heteroatoms. The third-order valence-electron chi connectivity index (χ3n) is 8.97. The SMILES string of the molecule is O=C1CC(c2ccccc2)Oc2ccccc21.O=c1cc(-c2ccc(O)c(O)c2)oc2c(O)c(O)ccc12.O=c1cc(-c2ccc(O)cc2)oc2cc(O)ccc12. The number of benzene rings is 6. The predicted octanol–water partition coefficient (Wildman–Crippen LogP) is 8.55. The van der Waals surface area contributed by atoms with Crippen LogP contribution in [-0.4, -0.2) is 36.4 Å². The second-order valence-corrected chi connectivity index (χ2v) is 12.8. The minimum absolute atomic E-state index is 0.0403. The van der Waals surface area contributed by atoms with E-state index in [0.717, 1.165) is 5.56 Å². The van der Waals surface area contributed by atoms with Gasteiger partial charge in [-0.3, -0.25) is 14.4 Å². The van der Waals surface area contributed by atoms with Gasteiger partial charge in [-0.1, -0.05) is 42.5 Å². The van der Waals surface area contributed by atoms with Crippen LogP contribution in [0.5, 0.6) is 40.2 Å². The van der Waals surface area contributed by atoms with Crippen LogP contribution < -0.4 is 15.6 Å². The van der Waals surface area contributed by atoms with Gasteiger partial charge in [0.05, 0.1) is 22.8 Å². The van der Waals surface area contributed by atoms with Crippen LogP contribution >= 0.6 is 0 Å². The summed E-state index contributed by atoms with van der Waals surface area (Å²) in [5.41, 5.74) is 2.36. The molecule has 0 aliphatic carbocycles. The van der Waals surface area contributed by atoms with Gasteiger partial charge in [0.15, 0.2) is 39.5 Å². The number of ketones is 1. The summed E-state index contributed by atoms with van der Waals surface area (Å²) in [5.74, 6) is -0.100. The fraction of sp³-hybridized carbons (Fsp3) is 0.0444. The monoisotopic (exact) mass is 764 g/mol. The fourth-order valence-electron chi connectivity index (χ4n) is 6.05. The molecule has 0 saturated heterocycles. The second kappa shape index (κ2) is 15.8. The van der Waals surface area contributed by atoms with Gasteiger partial charge < -0.3 is 44.2 Å². The van der Waals surface area contributed by atoms with Crippen LogP contribution in [0.2, 0.25) is 0 Å². The molecular formula is C45H32O12. The highest BCUT2D eigenvalue weighted by atomic mass is 16.5. The first-order valence-corrected chi connectivity index (χ1v) is 17.4. The van der Waals surface area contributed by atoms with Gasteiger partial charge >= 0.3 is 0 Å². The maximum Gasteiger partial charge on any atom is 0.201 e. The summed E-state index contributed by atoms with van der Waals surface area (Å²) in [7, 11) is 0. The molecule has 0 bridgehead atoms. The predicted molar refractivity (Wildman–Crippen MR) is 211 cm³/mol. The van der Waals surface area contributed by atoms with E-state index in [9.17, 15) is 45.0 Å². The van der Waals surface area contributed by atoms with E-state index in [-0.39, 0.29) is 57.0 Å². The maximum atomic E-state index is 12.0. The average molecular weight is 765 g/mol. The van der Waals surface area contributed by atoms with Crippen molar-refractivity contribution in [3.05, 3.63) is 171 Å². The lowest BCUT2D eigenvalue weighted by Crippen LogP contribution is -2.20. The van der Waals surface area contributed by atoms with Crippen LogP contribution in [0.3, 0.4) is 0 Å². The topological polar surface area (TPSA) is 208 Å². The molecule has 0 fully saturated rings. The Morgan fingerprint density at radius 3 is 1.86 bits per heavy atom. The van der Waals surface area contributed by atoms with Crippen molar-refractivity contribution in [2.45, 2.75) is 12.5 Å². The highest BCUT2D eigenvalue weighted by Crippen LogP contribution is 2.37. The number of carbonyl (C=O) groups is 1. The van der Waals surface area contributed by atoms with Gasteiger partial charge in [-0.2, -0.15) is 0 Å². The Bertz CT molecular complexity index is 2880. The van der Waals surface area contributed by atoms with Gasteiger partial charge in [-0.25, -0.2) is 0 Å². The first kappa shape index (κ1) is 37.3. The highest BCUT2D eigenvalue weighted by molar-refractivity contribution is 6.00. The van der Waals surface area contributed by atoms with Crippen molar-refractivity contribution < 1.29 is 49.0 Å². The van der Waals surface area contributed by atoms with Gasteiger partial charge in [-0.05, 0) is 84.4 Å². The third-order valence-corrected chi connectivity index (χ3v) is 8.97. The Labute approximate surface area is 322 Å². The van der Waals surface area contributed by atoms with Crippen molar-refractivity contribution in [2.24, 2.45) is 0 Å². The van der Waals surface area contributed by atoms with Crippen molar-refractivity contribution in [1.82, 2.24) is 0 Å². The second-order valence-electron chi connectivity index (χ2n) is 12.8. The first-order valence-electron chi connectivity index (χ1n) is 17.4. The zero-order valence-electron chi connectivity index (χ0n) is 29.7. The van der Waals surface area contributed by atoms with E-state index in [1.165, 1.54) is 72.8 Å². The molecule has 6 aromatic carbocycles. The molecule has 1 aliphatic rings. The molecule has 1 atom stereocenters. The number of para-hydroxylation sites is 1. The molecule has 0 radical (unpaired) electrons. The number of ether oxygens (including phenoxy) is 1. The van der Waals surface area contributed by atoms with Gasteiger partial charge in [0.1, 0.15) is 40.5 Å². The standard InChI is InChI=1S/C15H10O6.C15H10O4.C15H12O2/c16-9-3-1-7(5-12(9)19)13-6-11(18)8-2-4-10(17)14(20)15(8)21-13;16-10-3-1-9(2-4-10)14-8-13(18)12-6-5-11(17)7-15(12)19-14;16-13-10-15(11-6-2-1-3-7-11)17-14-9-5-4-8-12(13)14/h1-6,16-17,19-20H;1-8,16-17H;1-9,15H,10H2. The molecule has 3 heterocycles.